The largest absolute Gasteiger partial charge is 0.310 e. The van der Waals surface area contributed by atoms with E-state index in [0.29, 0.717) is 5.92 Å². The molecule has 0 aromatic heterocycles. The molecule has 1 heteroatoms. The van der Waals surface area contributed by atoms with Gasteiger partial charge in [-0.1, -0.05) is 208 Å². The topological polar surface area (TPSA) is 3.24 Å². The fraction of sp³-hybridized carbons (Fsp3) is 0.125. The first-order valence-corrected chi connectivity index (χ1v) is 23.3. The van der Waals surface area contributed by atoms with Crippen molar-refractivity contribution in [2.24, 2.45) is 5.92 Å². The number of para-hydroxylation sites is 3. The number of allylic oxidation sites excluding steroid dienone is 8. The Kier molecular flexibility index (Phi) is 8.34. The van der Waals surface area contributed by atoms with Gasteiger partial charge in [-0.2, -0.15) is 0 Å². The van der Waals surface area contributed by atoms with Crippen LogP contribution >= 0.6 is 0 Å². The first-order valence-electron chi connectivity index (χ1n) is 23.3. The monoisotopic (exact) mass is 831 g/mol. The lowest BCUT2D eigenvalue weighted by Gasteiger charge is -2.45. The standard InChI is InChI=1S/C64H49N/c1-41-61(51-28-9-7-24-46(51)43-21-19-20-42(38-43)39-53-49-27-11-13-30-54(49)63(2,3)62(41)53)52-29-10-8-25-47(52)44-36-37-50-48-26-12-14-31-55(48)64(58(50)40-44)56-32-15-17-34-59(56)65(45-22-5-4-6-23-45)60-35-18-16-33-57(60)64/h4-37,39-40,42,61H,38H2,1-3H3/b53-39-,62-41-. The minimum atomic E-state index is -0.535. The second kappa shape index (κ2) is 14.3. The van der Waals surface area contributed by atoms with Gasteiger partial charge in [-0.05, 0) is 139 Å². The van der Waals surface area contributed by atoms with Gasteiger partial charge in [0.2, 0.25) is 0 Å². The fourth-order valence-electron chi connectivity index (χ4n) is 12.9. The van der Waals surface area contributed by atoms with E-state index in [1.54, 1.807) is 0 Å². The third kappa shape index (κ3) is 5.33. The van der Waals surface area contributed by atoms with E-state index in [1.807, 2.05) is 0 Å². The Labute approximate surface area is 383 Å². The molecule has 1 spiro atoms. The quantitative estimate of drug-likeness (QED) is 0.171. The molecule has 13 rings (SSSR count). The van der Waals surface area contributed by atoms with E-state index >= 15 is 0 Å². The summed E-state index contributed by atoms with van der Waals surface area (Å²) in [4.78, 5) is 2.47. The smallest absolute Gasteiger partial charge is 0.0754 e. The van der Waals surface area contributed by atoms with Gasteiger partial charge in [0.15, 0.2) is 0 Å². The predicted molar refractivity (Wildman–Crippen MR) is 271 cm³/mol. The zero-order chi connectivity index (χ0) is 43.4. The van der Waals surface area contributed by atoms with Gasteiger partial charge in [-0.25, -0.2) is 0 Å². The molecule has 0 amide bonds. The summed E-state index contributed by atoms with van der Waals surface area (Å²) in [6.07, 6.45) is 10.6. The molecule has 1 heterocycles. The van der Waals surface area contributed by atoms with Gasteiger partial charge in [0.1, 0.15) is 0 Å². The van der Waals surface area contributed by atoms with E-state index < -0.39 is 5.41 Å². The summed E-state index contributed by atoms with van der Waals surface area (Å²) < 4.78 is 0. The third-order valence-electron chi connectivity index (χ3n) is 15.5. The van der Waals surface area contributed by atoms with Crippen molar-refractivity contribution in [2.45, 2.75) is 43.9 Å². The van der Waals surface area contributed by atoms with Crippen LogP contribution in [0.3, 0.4) is 0 Å². The Morgan fingerprint density at radius 1 is 0.492 bits per heavy atom. The number of benzene rings is 8. The molecule has 2 unspecified atom stereocenters. The van der Waals surface area contributed by atoms with Crippen molar-refractivity contribution in [1.29, 1.82) is 0 Å². The highest BCUT2D eigenvalue weighted by atomic mass is 15.2. The van der Waals surface area contributed by atoms with Crippen LogP contribution in [-0.2, 0) is 10.8 Å². The summed E-state index contributed by atoms with van der Waals surface area (Å²) in [6, 6.07) is 73.4. The zero-order valence-corrected chi connectivity index (χ0v) is 37.1. The molecule has 0 fully saturated rings. The summed E-state index contributed by atoms with van der Waals surface area (Å²) in [5.74, 6) is 0.331. The molecule has 8 aromatic carbocycles. The third-order valence-corrected chi connectivity index (χ3v) is 15.5. The summed E-state index contributed by atoms with van der Waals surface area (Å²) in [7, 11) is 0. The first kappa shape index (κ1) is 38.0. The molecule has 65 heavy (non-hydrogen) atoms. The number of fused-ring (bicyclic) bond motifs is 16. The fourth-order valence-corrected chi connectivity index (χ4v) is 12.9. The van der Waals surface area contributed by atoms with Crippen LogP contribution in [0.4, 0.5) is 17.1 Å². The molecule has 0 saturated carbocycles. The van der Waals surface area contributed by atoms with Crippen LogP contribution < -0.4 is 4.90 Å². The molecule has 4 aliphatic carbocycles. The van der Waals surface area contributed by atoms with Crippen molar-refractivity contribution in [3.63, 3.8) is 0 Å². The first-order chi connectivity index (χ1) is 31.9. The average Bonchev–Trinajstić information content (AvgIpc) is 3.76. The van der Waals surface area contributed by atoms with Gasteiger partial charge in [-0.15, -0.1) is 0 Å². The Morgan fingerprint density at radius 3 is 1.77 bits per heavy atom. The molecule has 1 aliphatic heterocycles. The van der Waals surface area contributed by atoms with E-state index in [0.717, 1.165) is 12.1 Å². The molecule has 0 saturated heterocycles. The maximum Gasteiger partial charge on any atom is 0.0754 e. The molecular formula is C64H49N. The van der Waals surface area contributed by atoms with Gasteiger partial charge in [-0.3, -0.25) is 0 Å². The molecule has 0 N–H and O–H groups in total. The average molecular weight is 832 g/mol. The Morgan fingerprint density at radius 2 is 1.05 bits per heavy atom. The summed E-state index contributed by atoms with van der Waals surface area (Å²) in [5, 5.41) is 0. The van der Waals surface area contributed by atoms with Gasteiger partial charge in [0.05, 0.1) is 16.8 Å². The van der Waals surface area contributed by atoms with Crippen LogP contribution in [0.5, 0.6) is 0 Å². The van der Waals surface area contributed by atoms with Crippen molar-refractivity contribution in [1.82, 2.24) is 0 Å². The molecular weight excluding hydrogens is 783 g/mol. The predicted octanol–water partition coefficient (Wildman–Crippen LogP) is 16.3. The molecule has 0 radical (unpaired) electrons. The second-order valence-electron chi connectivity index (χ2n) is 19.1. The van der Waals surface area contributed by atoms with Crippen LogP contribution in [-0.4, -0.2) is 0 Å². The van der Waals surface area contributed by atoms with Crippen LogP contribution in [0.2, 0.25) is 0 Å². The minimum absolute atomic E-state index is 0.00715. The highest BCUT2D eigenvalue weighted by Gasteiger charge is 2.52. The normalized spacial score (nSPS) is 20.8. The summed E-state index contributed by atoms with van der Waals surface area (Å²) >= 11 is 0. The van der Waals surface area contributed by atoms with E-state index in [2.05, 4.69) is 244 Å². The van der Waals surface area contributed by atoms with Gasteiger partial charge in [0.25, 0.3) is 0 Å². The van der Waals surface area contributed by atoms with Crippen molar-refractivity contribution in [3.05, 3.63) is 280 Å². The van der Waals surface area contributed by atoms with Crippen molar-refractivity contribution < 1.29 is 0 Å². The lowest BCUT2D eigenvalue weighted by Crippen LogP contribution is -2.36. The van der Waals surface area contributed by atoms with Crippen LogP contribution in [0.25, 0.3) is 33.4 Å². The number of nitrogens with zero attached hydrogens (tertiary/aromatic N) is 1. The van der Waals surface area contributed by atoms with E-state index in [1.165, 1.54) is 106 Å². The van der Waals surface area contributed by atoms with E-state index in [4.69, 9.17) is 0 Å². The molecule has 2 atom stereocenters. The van der Waals surface area contributed by atoms with E-state index in [-0.39, 0.29) is 11.3 Å². The maximum atomic E-state index is 2.59. The second-order valence-corrected chi connectivity index (χ2v) is 19.1. The summed E-state index contributed by atoms with van der Waals surface area (Å²) in [6.45, 7) is 7.34. The van der Waals surface area contributed by atoms with Crippen LogP contribution in [0, 0.1) is 5.92 Å². The van der Waals surface area contributed by atoms with Crippen molar-refractivity contribution in [2.75, 3.05) is 4.90 Å². The molecule has 310 valence electrons. The highest BCUT2D eigenvalue weighted by molar-refractivity contribution is 5.97. The molecule has 5 aliphatic rings. The van der Waals surface area contributed by atoms with Crippen LogP contribution in [0.1, 0.15) is 83.2 Å². The number of anilines is 3. The number of hydrogen-bond acceptors (Lipinski definition) is 1. The Hall–Kier alpha value is -7.48. The van der Waals surface area contributed by atoms with Crippen molar-refractivity contribution in [3.8, 4) is 22.3 Å². The minimum Gasteiger partial charge on any atom is -0.310 e. The highest BCUT2D eigenvalue weighted by Crippen LogP contribution is 2.64. The van der Waals surface area contributed by atoms with Crippen LogP contribution in [0.15, 0.2) is 230 Å². The number of hydrogen-bond donors (Lipinski definition) is 0. The van der Waals surface area contributed by atoms with E-state index in [9.17, 15) is 0 Å². The summed E-state index contributed by atoms with van der Waals surface area (Å²) in [5.41, 5.74) is 25.8. The zero-order valence-electron chi connectivity index (χ0n) is 37.1. The SMILES string of the molecule is C/C1=C2\C(=C/C3C=CC=C(C3)c3ccccc3C1c1ccccc1-c1ccc3c(c1)C1(c4ccccc4-3)c3ccccc3N(c3ccccc3)c3ccccc31)c1ccccc1C2(C)C. The van der Waals surface area contributed by atoms with Gasteiger partial charge >= 0.3 is 0 Å². The maximum absolute atomic E-state index is 2.59. The van der Waals surface area contributed by atoms with Crippen molar-refractivity contribution >= 4 is 28.2 Å². The molecule has 1 nitrogen and oxygen atoms in total. The van der Waals surface area contributed by atoms with Gasteiger partial charge < -0.3 is 4.90 Å². The molecule has 8 aromatic rings. The lowest BCUT2D eigenvalue weighted by molar-refractivity contribution is 0.645. The molecule has 2 bridgehead atoms. The lowest BCUT2D eigenvalue weighted by atomic mass is 9.64. The number of rotatable bonds is 3. The van der Waals surface area contributed by atoms with Gasteiger partial charge in [0, 0.05) is 17.0 Å². The Bertz CT molecular complexity index is 3360. The Balaban J connectivity index is 1.08.